The molecule has 0 spiro atoms. The van der Waals surface area contributed by atoms with Gasteiger partial charge in [-0.25, -0.2) is 0 Å². The van der Waals surface area contributed by atoms with Gasteiger partial charge in [0.15, 0.2) is 0 Å². The van der Waals surface area contributed by atoms with Gasteiger partial charge in [0.25, 0.3) is 0 Å². The van der Waals surface area contributed by atoms with Gasteiger partial charge in [0, 0.05) is 0 Å². The lowest BCUT2D eigenvalue weighted by atomic mass is 9.78. The van der Waals surface area contributed by atoms with Crippen LogP contribution in [0.5, 0.6) is 0 Å². The molecule has 0 fully saturated rings. The molecule has 0 saturated carbocycles. The Hall–Kier alpha value is -3.90. The molecule has 0 nitrogen and oxygen atoms in total. The maximum absolute atomic E-state index is 2.54. The summed E-state index contributed by atoms with van der Waals surface area (Å²) in [6, 6.07) is 41.0. The van der Waals surface area contributed by atoms with Crippen molar-refractivity contribution in [3.05, 3.63) is 177 Å². The number of unbranched alkanes of at least 4 members (excludes halogenated alkanes) is 15. The second-order valence-electron chi connectivity index (χ2n) is 18.7. The first kappa shape index (κ1) is 59.1. The molecule has 0 atom stereocenters. The van der Waals surface area contributed by atoms with Crippen molar-refractivity contribution in [1.29, 1.82) is 0 Å². The predicted molar refractivity (Wildman–Crippen MR) is 295 cm³/mol. The summed E-state index contributed by atoms with van der Waals surface area (Å²) >= 11 is 0. The van der Waals surface area contributed by atoms with Crippen molar-refractivity contribution >= 4 is 0 Å². The third-order valence-corrected chi connectivity index (χ3v) is 12.5. The first-order valence-electron chi connectivity index (χ1n) is 26.9. The van der Waals surface area contributed by atoms with E-state index >= 15 is 0 Å². The number of hydrogen-bond acceptors (Lipinski definition) is 0. The fourth-order valence-electron chi connectivity index (χ4n) is 8.54. The third kappa shape index (κ3) is 30.1. The molecule has 0 saturated heterocycles. The molecule has 0 heterocycles. The van der Waals surface area contributed by atoms with Crippen LogP contribution in [0.1, 0.15) is 219 Å². The normalized spacial score (nSPS) is 10.3. The van der Waals surface area contributed by atoms with Gasteiger partial charge in [-0.05, 0) is 132 Å². The van der Waals surface area contributed by atoms with Crippen molar-refractivity contribution in [2.75, 3.05) is 0 Å². The minimum absolute atomic E-state index is 1.32. The highest BCUT2D eigenvalue weighted by molar-refractivity contribution is 5.52. The minimum Gasteiger partial charge on any atom is -0.0654 e. The van der Waals surface area contributed by atoms with E-state index in [9.17, 15) is 0 Å². The molecule has 5 rings (SSSR count). The zero-order chi connectivity index (χ0) is 47.6. The summed E-state index contributed by atoms with van der Waals surface area (Å²) in [4.78, 5) is 0. The van der Waals surface area contributed by atoms with E-state index in [1.165, 1.54) is 183 Å². The van der Waals surface area contributed by atoms with Crippen LogP contribution in [-0.2, 0) is 32.1 Å². The lowest BCUT2D eigenvalue weighted by Crippen LogP contribution is -2.13. The molecule has 0 heteroatoms. The molecule has 5 aromatic carbocycles. The van der Waals surface area contributed by atoms with E-state index in [0.29, 0.717) is 0 Å². The van der Waals surface area contributed by atoms with Gasteiger partial charge >= 0.3 is 0 Å². The highest BCUT2D eigenvalue weighted by Crippen LogP contribution is 2.35. The van der Waals surface area contributed by atoms with E-state index in [1.54, 1.807) is 16.7 Å². The minimum atomic E-state index is 1.32. The van der Waals surface area contributed by atoms with Crippen LogP contribution in [0.2, 0.25) is 0 Å². The lowest BCUT2D eigenvalue weighted by molar-refractivity contribution is 0.621. The summed E-state index contributed by atoms with van der Waals surface area (Å²) in [5, 5.41) is 0. The van der Waals surface area contributed by atoms with Crippen molar-refractivity contribution in [2.24, 2.45) is 0 Å². The average molecular weight is 882 g/mol. The molecule has 0 aliphatic carbocycles. The Labute approximate surface area is 404 Å². The number of aryl methyl sites for hydroxylation is 4. The monoisotopic (exact) mass is 881 g/mol. The van der Waals surface area contributed by atoms with E-state index in [2.05, 4.69) is 118 Å². The van der Waals surface area contributed by atoms with E-state index in [-0.39, 0.29) is 0 Å². The maximum Gasteiger partial charge on any atom is -0.0273 e. The fourth-order valence-corrected chi connectivity index (χ4v) is 8.54. The highest BCUT2D eigenvalue weighted by Gasteiger charge is 2.21. The van der Waals surface area contributed by atoms with E-state index in [4.69, 9.17) is 0 Å². The van der Waals surface area contributed by atoms with E-state index < -0.39 is 0 Å². The molecule has 0 bridgehead atoms. The fraction of sp³-hybridized carbons (Fsp3) is 0.538. The molecule has 0 unspecified atom stereocenters. The summed E-state index contributed by atoms with van der Waals surface area (Å²) in [5.41, 5.74) is 16.2. The van der Waals surface area contributed by atoms with Crippen LogP contribution in [0.3, 0.4) is 0 Å². The van der Waals surface area contributed by atoms with Crippen molar-refractivity contribution in [3.63, 3.8) is 0 Å². The van der Waals surface area contributed by atoms with Gasteiger partial charge in [0.1, 0.15) is 0 Å². The Bertz CT molecular complexity index is 1550. The van der Waals surface area contributed by atoms with Crippen LogP contribution in [-0.4, -0.2) is 0 Å². The highest BCUT2D eigenvalue weighted by atomic mass is 14.3. The summed E-state index contributed by atoms with van der Waals surface area (Å²) in [6.07, 6.45) is 34.3. The van der Waals surface area contributed by atoms with Crippen LogP contribution < -0.4 is 0 Å². The molecule has 65 heavy (non-hydrogen) atoms. The van der Waals surface area contributed by atoms with Crippen molar-refractivity contribution in [2.45, 2.75) is 230 Å². The third-order valence-electron chi connectivity index (χ3n) is 12.5. The van der Waals surface area contributed by atoms with Gasteiger partial charge < -0.3 is 0 Å². The maximum atomic E-state index is 2.54. The number of hydrogen-bond donors (Lipinski definition) is 0. The Morgan fingerprint density at radius 1 is 0.215 bits per heavy atom. The standard InChI is InChI=1S/C37H68.4C7H8/c1-7-12-17-22-27-33-32(6)34(28-23-18-13-8-2)36(30-25-20-15-10-4)37(31-26-21-16-11-5)35(33)29-24-19-14-9-3;4*1-7-5-3-2-4-6-7/h7-31H2,1-6H3;4*2-6H,1H3. The zero-order valence-corrected chi connectivity index (χ0v) is 44.2. The second kappa shape index (κ2) is 41.5. The molecule has 360 valence electrons. The lowest BCUT2D eigenvalue weighted by Gasteiger charge is -2.27. The number of rotatable bonds is 25. The Kier molecular flexibility index (Phi) is 37.8. The summed E-state index contributed by atoms with van der Waals surface area (Å²) in [6.45, 7) is 22.6. The second-order valence-corrected chi connectivity index (χ2v) is 18.7. The van der Waals surface area contributed by atoms with Gasteiger partial charge in [-0.1, -0.05) is 275 Å². The molecular weight excluding hydrogens is 781 g/mol. The molecular formula is C65H100. The summed E-state index contributed by atoms with van der Waals surface area (Å²) in [5.74, 6) is 0. The molecule has 0 aliphatic heterocycles. The summed E-state index contributed by atoms with van der Waals surface area (Å²) in [7, 11) is 0. The Morgan fingerprint density at radius 2 is 0.400 bits per heavy atom. The van der Waals surface area contributed by atoms with Crippen LogP contribution in [0.25, 0.3) is 0 Å². The van der Waals surface area contributed by atoms with E-state index in [1.807, 2.05) is 89.5 Å². The topological polar surface area (TPSA) is 0 Å². The molecule has 0 N–H and O–H groups in total. The Balaban J connectivity index is 0.000000586. The summed E-state index contributed by atoms with van der Waals surface area (Å²) < 4.78 is 0. The van der Waals surface area contributed by atoms with Crippen molar-refractivity contribution in [1.82, 2.24) is 0 Å². The van der Waals surface area contributed by atoms with Gasteiger partial charge in [-0.3, -0.25) is 0 Å². The van der Waals surface area contributed by atoms with Gasteiger partial charge in [-0.2, -0.15) is 0 Å². The van der Waals surface area contributed by atoms with Crippen LogP contribution in [0.15, 0.2) is 121 Å². The van der Waals surface area contributed by atoms with Crippen molar-refractivity contribution in [3.8, 4) is 0 Å². The average Bonchev–Trinajstić information content (AvgIpc) is 3.32. The molecule has 5 aromatic rings. The van der Waals surface area contributed by atoms with Crippen LogP contribution in [0, 0.1) is 34.6 Å². The van der Waals surface area contributed by atoms with Crippen LogP contribution >= 0.6 is 0 Å². The number of benzene rings is 5. The SMILES string of the molecule is CCCCCCc1c(C)c(CCCCCC)c(CCCCCC)c(CCCCCC)c1CCCCCC.Cc1ccccc1.Cc1ccccc1.Cc1ccccc1.Cc1ccccc1. The predicted octanol–water partition coefficient (Wildman–Crippen LogP) is 20.6. The zero-order valence-electron chi connectivity index (χ0n) is 44.2. The molecule has 0 aliphatic rings. The molecule has 0 radical (unpaired) electrons. The van der Waals surface area contributed by atoms with Gasteiger partial charge in [-0.15, -0.1) is 0 Å². The molecule has 0 aromatic heterocycles. The molecule has 0 amide bonds. The van der Waals surface area contributed by atoms with Crippen molar-refractivity contribution < 1.29 is 0 Å². The first-order chi connectivity index (χ1) is 31.7. The van der Waals surface area contributed by atoms with Crippen LogP contribution in [0.4, 0.5) is 0 Å². The quantitative estimate of drug-likeness (QED) is 0.0513. The smallest absolute Gasteiger partial charge is 0.0273 e. The van der Waals surface area contributed by atoms with Gasteiger partial charge in [0.2, 0.25) is 0 Å². The largest absolute Gasteiger partial charge is 0.0654 e. The van der Waals surface area contributed by atoms with E-state index in [0.717, 1.165) is 0 Å². The first-order valence-corrected chi connectivity index (χ1v) is 26.9. The van der Waals surface area contributed by atoms with Gasteiger partial charge in [0.05, 0.1) is 0 Å². The Morgan fingerprint density at radius 3 is 0.569 bits per heavy atom.